The zero-order chi connectivity index (χ0) is 22.1. The Morgan fingerprint density at radius 2 is 1.68 bits per heavy atom. The van der Waals surface area contributed by atoms with Crippen LogP contribution in [0.5, 0.6) is 17.2 Å². The number of phenols is 1. The fraction of sp³-hybridized carbons (Fsp3) is 0.520. The number of benzene rings is 2. The van der Waals surface area contributed by atoms with Crippen molar-refractivity contribution in [3.8, 4) is 17.2 Å². The van der Waals surface area contributed by atoms with E-state index < -0.39 is 0 Å². The summed E-state index contributed by atoms with van der Waals surface area (Å²) in [5.74, 6) is 2.61. The lowest BCUT2D eigenvalue weighted by atomic mass is 9.95. The first-order valence-corrected chi connectivity index (χ1v) is 11.0. The summed E-state index contributed by atoms with van der Waals surface area (Å²) in [6.07, 6.45) is 2.33. The molecule has 3 rings (SSSR count). The minimum absolute atomic E-state index is 0.286. The number of piperidine rings is 1. The molecule has 1 saturated heterocycles. The van der Waals surface area contributed by atoms with Crippen LogP contribution in [-0.4, -0.2) is 69.0 Å². The molecule has 2 aromatic carbocycles. The molecule has 1 heterocycles. The summed E-state index contributed by atoms with van der Waals surface area (Å²) >= 11 is 0. The number of methoxy groups -OCH3 is 3. The average Bonchev–Trinajstić information content (AvgIpc) is 2.80. The number of aromatic hydroxyl groups is 1. The van der Waals surface area contributed by atoms with Gasteiger partial charge >= 0.3 is 0 Å². The van der Waals surface area contributed by atoms with E-state index in [0.29, 0.717) is 19.1 Å². The molecular formula is C25H36N2O4. The van der Waals surface area contributed by atoms with Crippen molar-refractivity contribution in [2.45, 2.75) is 25.9 Å². The van der Waals surface area contributed by atoms with Crippen LogP contribution in [0.3, 0.4) is 0 Å². The normalized spacial score (nSPS) is 15.4. The summed E-state index contributed by atoms with van der Waals surface area (Å²) in [5, 5.41) is 10.4. The minimum atomic E-state index is 0.286. The SMILES string of the molecule is COCCN(Cc1c(O)cccc1OC)CC1CCN(Cc2ccccc2OC)CC1. The van der Waals surface area contributed by atoms with Crippen molar-refractivity contribution < 1.29 is 19.3 Å². The van der Waals surface area contributed by atoms with Gasteiger partial charge in [0.15, 0.2) is 0 Å². The predicted octanol–water partition coefficient (Wildman–Crippen LogP) is 3.77. The molecule has 0 bridgehead atoms. The van der Waals surface area contributed by atoms with Crippen LogP contribution < -0.4 is 9.47 Å². The Morgan fingerprint density at radius 1 is 0.968 bits per heavy atom. The van der Waals surface area contributed by atoms with Gasteiger partial charge in [0.25, 0.3) is 0 Å². The molecule has 6 heteroatoms. The van der Waals surface area contributed by atoms with Gasteiger partial charge in [0.2, 0.25) is 0 Å². The fourth-order valence-corrected chi connectivity index (χ4v) is 4.35. The lowest BCUT2D eigenvalue weighted by molar-refractivity contribution is 0.105. The van der Waals surface area contributed by atoms with E-state index in [1.54, 1.807) is 27.4 Å². The van der Waals surface area contributed by atoms with Gasteiger partial charge in [-0.15, -0.1) is 0 Å². The summed E-state index contributed by atoms with van der Waals surface area (Å²) in [7, 11) is 5.11. The van der Waals surface area contributed by atoms with Crippen molar-refractivity contribution in [3.63, 3.8) is 0 Å². The van der Waals surface area contributed by atoms with E-state index >= 15 is 0 Å². The molecule has 6 nitrogen and oxygen atoms in total. The van der Waals surface area contributed by atoms with Gasteiger partial charge in [0.1, 0.15) is 17.2 Å². The second kappa shape index (κ2) is 11.9. The Labute approximate surface area is 186 Å². The molecule has 31 heavy (non-hydrogen) atoms. The number of ether oxygens (including phenoxy) is 3. The van der Waals surface area contributed by atoms with E-state index in [-0.39, 0.29) is 5.75 Å². The minimum Gasteiger partial charge on any atom is -0.507 e. The van der Waals surface area contributed by atoms with Crippen molar-refractivity contribution in [3.05, 3.63) is 53.6 Å². The lowest BCUT2D eigenvalue weighted by Crippen LogP contribution is -2.39. The molecule has 1 aliphatic heterocycles. The summed E-state index contributed by atoms with van der Waals surface area (Å²) < 4.78 is 16.3. The van der Waals surface area contributed by atoms with E-state index in [1.165, 1.54) is 5.56 Å². The Balaban J connectivity index is 1.57. The molecule has 0 unspecified atom stereocenters. The van der Waals surface area contributed by atoms with Gasteiger partial charge in [-0.25, -0.2) is 0 Å². The second-order valence-electron chi connectivity index (χ2n) is 8.22. The third kappa shape index (κ3) is 6.60. The molecule has 1 aliphatic rings. The number of para-hydroxylation sites is 1. The monoisotopic (exact) mass is 428 g/mol. The molecule has 0 aromatic heterocycles. The Bertz CT molecular complexity index is 806. The van der Waals surface area contributed by atoms with E-state index in [2.05, 4.69) is 21.9 Å². The highest BCUT2D eigenvalue weighted by Gasteiger charge is 2.23. The molecule has 170 valence electrons. The van der Waals surface area contributed by atoms with E-state index in [0.717, 1.165) is 62.6 Å². The van der Waals surface area contributed by atoms with Gasteiger partial charge < -0.3 is 19.3 Å². The average molecular weight is 429 g/mol. The largest absolute Gasteiger partial charge is 0.507 e. The third-order valence-electron chi connectivity index (χ3n) is 6.13. The Hall–Kier alpha value is -2.28. The van der Waals surface area contributed by atoms with Crippen molar-refractivity contribution >= 4 is 0 Å². The molecule has 0 saturated carbocycles. The molecule has 0 aliphatic carbocycles. The quantitative estimate of drug-likeness (QED) is 0.588. The predicted molar refractivity (Wildman–Crippen MR) is 123 cm³/mol. The molecule has 0 radical (unpaired) electrons. The summed E-state index contributed by atoms with van der Waals surface area (Å²) in [4.78, 5) is 4.89. The Kier molecular flexibility index (Phi) is 9.00. The smallest absolute Gasteiger partial charge is 0.127 e. The van der Waals surface area contributed by atoms with Gasteiger partial charge in [0.05, 0.1) is 20.8 Å². The first-order chi connectivity index (χ1) is 15.1. The van der Waals surface area contributed by atoms with E-state index in [9.17, 15) is 5.11 Å². The van der Waals surface area contributed by atoms with Crippen molar-refractivity contribution in [1.29, 1.82) is 0 Å². The van der Waals surface area contributed by atoms with Crippen molar-refractivity contribution in [2.75, 3.05) is 54.1 Å². The van der Waals surface area contributed by atoms with Crippen LogP contribution >= 0.6 is 0 Å². The maximum absolute atomic E-state index is 10.4. The zero-order valence-electron chi connectivity index (χ0n) is 19.0. The second-order valence-corrected chi connectivity index (χ2v) is 8.22. The number of nitrogens with zero attached hydrogens (tertiary/aromatic N) is 2. The number of phenolic OH excluding ortho intramolecular Hbond substituents is 1. The number of hydrogen-bond donors (Lipinski definition) is 1. The van der Waals surface area contributed by atoms with Gasteiger partial charge in [-0.05, 0) is 50.0 Å². The van der Waals surface area contributed by atoms with Crippen LogP contribution in [0.4, 0.5) is 0 Å². The highest BCUT2D eigenvalue weighted by molar-refractivity contribution is 5.43. The Morgan fingerprint density at radius 3 is 2.39 bits per heavy atom. The third-order valence-corrected chi connectivity index (χ3v) is 6.13. The number of hydrogen-bond acceptors (Lipinski definition) is 6. The van der Waals surface area contributed by atoms with Crippen LogP contribution in [-0.2, 0) is 17.8 Å². The highest BCUT2D eigenvalue weighted by atomic mass is 16.5. The number of rotatable bonds is 11. The highest BCUT2D eigenvalue weighted by Crippen LogP contribution is 2.30. The van der Waals surface area contributed by atoms with Gasteiger partial charge in [0, 0.05) is 44.4 Å². The molecule has 1 N–H and O–H groups in total. The van der Waals surface area contributed by atoms with E-state index in [4.69, 9.17) is 14.2 Å². The van der Waals surface area contributed by atoms with Gasteiger partial charge in [-0.1, -0.05) is 24.3 Å². The first kappa shape index (κ1) is 23.4. The zero-order valence-corrected chi connectivity index (χ0v) is 19.0. The maximum atomic E-state index is 10.4. The van der Waals surface area contributed by atoms with Crippen LogP contribution in [0.15, 0.2) is 42.5 Å². The fourth-order valence-electron chi connectivity index (χ4n) is 4.35. The lowest BCUT2D eigenvalue weighted by Gasteiger charge is -2.35. The van der Waals surface area contributed by atoms with E-state index in [1.807, 2.05) is 24.3 Å². The molecule has 0 atom stereocenters. The molecule has 1 fully saturated rings. The van der Waals surface area contributed by atoms with Crippen molar-refractivity contribution in [2.24, 2.45) is 5.92 Å². The summed E-state index contributed by atoms with van der Waals surface area (Å²) in [5.41, 5.74) is 2.09. The van der Waals surface area contributed by atoms with Gasteiger partial charge in [-0.3, -0.25) is 9.80 Å². The maximum Gasteiger partial charge on any atom is 0.127 e. The van der Waals surface area contributed by atoms with Crippen LogP contribution in [0.2, 0.25) is 0 Å². The topological polar surface area (TPSA) is 54.4 Å². The van der Waals surface area contributed by atoms with Crippen LogP contribution in [0.25, 0.3) is 0 Å². The molecule has 0 amide bonds. The summed E-state index contributed by atoms with van der Waals surface area (Å²) in [6, 6.07) is 13.7. The number of likely N-dealkylation sites (tertiary alicyclic amines) is 1. The standard InChI is InChI=1S/C25H36N2O4/c1-29-16-15-27(19-22-23(28)8-6-10-25(22)31-3)17-20-11-13-26(14-12-20)18-21-7-4-5-9-24(21)30-2/h4-10,20,28H,11-19H2,1-3H3. The molecule has 0 spiro atoms. The van der Waals surface area contributed by atoms with Gasteiger partial charge in [-0.2, -0.15) is 0 Å². The molecular weight excluding hydrogens is 392 g/mol. The van der Waals surface area contributed by atoms with Crippen LogP contribution in [0, 0.1) is 5.92 Å². The molecule has 2 aromatic rings. The van der Waals surface area contributed by atoms with Crippen LogP contribution in [0.1, 0.15) is 24.0 Å². The van der Waals surface area contributed by atoms with Crippen molar-refractivity contribution in [1.82, 2.24) is 9.80 Å². The first-order valence-electron chi connectivity index (χ1n) is 11.0. The summed E-state index contributed by atoms with van der Waals surface area (Å²) in [6.45, 7) is 6.24.